The van der Waals surface area contributed by atoms with Crippen molar-refractivity contribution in [1.29, 1.82) is 0 Å². The summed E-state index contributed by atoms with van der Waals surface area (Å²) in [5, 5.41) is 3.77. The molecule has 3 aliphatic rings. The molecule has 3 unspecified atom stereocenters. The molecule has 4 heteroatoms. The molecule has 4 nitrogen and oxygen atoms in total. The first-order valence-electron chi connectivity index (χ1n) is 11.1. The molecule has 0 aromatic heterocycles. The van der Waals surface area contributed by atoms with Crippen LogP contribution in [-0.2, 0) is 0 Å². The second kappa shape index (κ2) is 7.82. The number of piperidine rings is 1. The fourth-order valence-electron chi connectivity index (χ4n) is 5.35. The van der Waals surface area contributed by atoms with Crippen LogP contribution in [0.1, 0.15) is 59.6 Å². The number of hydrogen-bond acceptors (Lipinski definition) is 3. The van der Waals surface area contributed by atoms with E-state index in [1.54, 1.807) is 7.11 Å². The smallest absolute Gasteiger partial charge is 0.253 e. The number of fused-ring (bicyclic) bond motifs is 3. The number of likely N-dealkylation sites (tertiary alicyclic amines) is 1. The Morgan fingerprint density at radius 2 is 1.90 bits per heavy atom. The van der Waals surface area contributed by atoms with Crippen LogP contribution in [-0.4, -0.2) is 31.0 Å². The summed E-state index contributed by atoms with van der Waals surface area (Å²) in [6.07, 6.45) is 7.85. The molecule has 156 valence electrons. The molecular weight excluding hydrogens is 372 g/mol. The maximum Gasteiger partial charge on any atom is 0.253 e. The van der Waals surface area contributed by atoms with Crippen molar-refractivity contribution < 1.29 is 9.53 Å². The standard InChI is InChI=1S/C26H30N2O2/c1-17-12-14-28(15-13-17)26(29)18-10-11-23-22(16-18)19-7-5-8-20(19)25(27-23)21-6-3-4-9-24(21)30-2/h3-7,9-11,16-17,19-20,25,27H,8,12-15H2,1-2H3. The van der Waals surface area contributed by atoms with E-state index in [9.17, 15) is 4.79 Å². The number of nitrogens with one attached hydrogen (secondary N) is 1. The number of para-hydroxylation sites is 1. The zero-order chi connectivity index (χ0) is 20.7. The van der Waals surface area contributed by atoms with Crippen molar-refractivity contribution in [2.45, 2.75) is 38.1 Å². The lowest BCUT2D eigenvalue weighted by molar-refractivity contribution is 0.0697. The summed E-state index contributed by atoms with van der Waals surface area (Å²) < 4.78 is 5.65. The molecule has 0 spiro atoms. The molecule has 5 rings (SSSR count). The van der Waals surface area contributed by atoms with E-state index < -0.39 is 0 Å². The normalized spacial score (nSPS) is 25.4. The Labute approximate surface area is 178 Å². The Morgan fingerprint density at radius 1 is 1.10 bits per heavy atom. The van der Waals surface area contributed by atoms with E-state index in [1.807, 2.05) is 23.1 Å². The Kier molecular flexibility index (Phi) is 5.01. The molecular formula is C26H30N2O2. The van der Waals surface area contributed by atoms with Gasteiger partial charge in [0.15, 0.2) is 0 Å². The van der Waals surface area contributed by atoms with Crippen LogP contribution in [0.5, 0.6) is 5.75 Å². The quantitative estimate of drug-likeness (QED) is 0.700. The highest BCUT2D eigenvalue weighted by Crippen LogP contribution is 2.51. The molecule has 2 aromatic carbocycles. The molecule has 2 aromatic rings. The highest BCUT2D eigenvalue weighted by molar-refractivity contribution is 5.95. The van der Waals surface area contributed by atoms with Crippen LogP contribution >= 0.6 is 0 Å². The number of anilines is 1. The third kappa shape index (κ3) is 3.28. The van der Waals surface area contributed by atoms with E-state index in [-0.39, 0.29) is 11.9 Å². The van der Waals surface area contributed by atoms with Gasteiger partial charge in [0.05, 0.1) is 13.2 Å². The second-order valence-corrected chi connectivity index (χ2v) is 8.99. The first-order chi connectivity index (χ1) is 14.7. The number of ether oxygens (including phenoxy) is 1. The fraction of sp³-hybridized carbons (Fsp3) is 0.423. The Balaban J connectivity index is 1.46. The molecule has 1 amide bonds. The van der Waals surface area contributed by atoms with E-state index in [1.165, 1.54) is 11.1 Å². The average molecular weight is 403 g/mol. The van der Waals surface area contributed by atoms with Crippen molar-refractivity contribution in [2.75, 3.05) is 25.5 Å². The molecule has 1 saturated heterocycles. The SMILES string of the molecule is COc1ccccc1C1Nc2ccc(C(=O)N3CCC(C)CC3)cc2C2C=CCC21. The van der Waals surface area contributed by atoms with Crippen LogP contribution in [0.25, 0.3) is 0 Å². The van der Waals surface area contributed by atoms with Crippen LogP contribution in [0.2, 0.25) is 0 Å². The third-order valence-electron chi connectivity index (χ3n) is 7.15. The van der Waals surface area contributed by atoms with Crippen LogP contribution < -0.4 is 10.1 Å². The summed E-state index contributed by atoms with van der Waals surface area (Å²) in [5.41, 5.74) is 4.39. The number of benzene rings is 2. The van der Waals surface area contributed by atoms with Crippen LogP contribution in [0.15, 0.2) is 54.6 Å². The highest BCUT2D eigenvalue weighted by atomic mass is 16.5. The first-order valence-corrected chi connectivity index (χ1v) is 11.1. The third-order valence-corrected chi connectivity index (χ3v) is 7.15. The molecule has 2 heterocycles. The van der Waals surface area contributed by atoms with Gasteiger partial charge in [0.1, 0.15) is 5.75 Å². The summed E-state index contributed by atoms with van der Waals surface area (Å²) in [6, 6.07) is 14.7. The van der Waals surface area contributed by atoms with Gasteiger partial charge in [-0.05, 0) is 60.9 Å². The van der Waals surface area contributed by atoms with Gasteiger partial charge in [-0.3, -0.25) is 4.79 Å². The fourth-order valence-corrected chi connectivity index (χ4v) is 5.35. The van der Waals surface area contributed by atoms with Crippen molar-refractivity contribution in [1.82, 2.24) is 4.90 Å². The minimum Gasteiger partial charge on any atom is -0.496 e. The average Bonchev–Trinajstić information content (AvgIpc) is 3.28. The van der Waals surface area contributed by atoms with Gasteiger partial charge in [0.25, 0.3) is 5.91 Å². The van der Waals surface area contributed by atoms with E-state index in [0.29, 0.717) is 11.8 Å². The molecule has 30 heavy (non-hydrogen) atoms. The monoisotopic (exact) mass is 402 g/mol. The minimum absolute atomic E-state index is 0.176. The van der Waals surface area contributed by atoms with Gasteiger partial charge in [-0.25, -0.2) is 0 Å². The maximum atomic E-state index is 13.1. The van der Waals surface area contributed by atoms with Gasteiger partial charge in [0.2, 0.25) is 0 Å². The van der Waals surface area contributed by atoms with Crippen molar-refractivity contribution >= 4 is 11.6 Å². The molecule has 1 fully saturated rings. The van der Waals surface area contributed by atoms with Gasteiger partial charge in [-0.2, -0.15) is 0 Å². The van der Waals surface area contributed by atoms with Crippen molar-refractivity contribution in [3.8, 4) is 5.75 Å². The lowest BCUT2D eigenvalue weighted by atomic mass is 9.76. The zero-order valence-electron chi connectivity index (χ0n) is 17.8. The lowest BCUT2D eigenvalue weighted by Crippen LogP contribution is -2.38. The van der Waals surface area contributed by atoms with Gasteiger partial charge in [-0.1, -0.05) is 37.3 Å². The second-order valence-electron chi connectivity index (χ2n) is 8.99. The van der Waals surface area contributed by atoms with Crippen LogP contribution in [0.3, 0.4) is 0 Å². The van der Waals surface area contributed by atoms with Crippen LogP contribution in [0.4, 0.5) is 5.69 Å². The van der Waals surface area contributed by atoms with Crippen LogP contribution in [0, 0.1) is 11.8 Å². The number of allylic oxidation sites excluding steroid dienone is 2. The summed E-state index contributed by atoms with van der Waals surface area (Å²) in [6.45, 7) is 4.02. The number of rotatable bonds is 3. The topological polar surface area (TPSA) is 41.6 Å². The number of methoxy groups -OCH3 is 1. The number of hydrogen-bond donors (Lipinski definition) is 1. The maximum absolute atomic E-state index is 13.1. The molecule has 2 aliphatic heterocycles. The predicted molar refractivity (Wildman–Crippen MR) is 120 cm³/mol. The number of carbonyl (C=O) groups excluding carboxylic acids is 1. The highest BCUT2D eigenvalue weighted by Gasteiger charge is 2.39. The molecule has 1 aliphatic carbocycles. The molecule has 0 radical (unpaired) electrons. The summed E-state index contributed by atoms with van der Waals surface area (Å²) in [4.78, 5) is 15.2. The van der Waals surface area contributed by atoms with E-state index in [0.717, 1.165) is 55.3 Å². The predicted octanol–water partition coefficient (Wildman–Crippen LogP) is 5.39. The molecule has 1 N–H and O–H groups in total. The number of carbonyl (C=O) groups is 1. The van der Waals surface area contributed by atoms with E-state index >= 15 is 0 Å². The molecule has 0 saturated carbocycles. The Bertz CT molecular complexity index is 975. The largest absolute Gasteiger partial charge is 0.496 e. The summed E-state index contributed by atoms with van der Waals surface area (Å²) in [5.74, 6) is 2.57. The number of amides is 1. The van der Waals surface area contributed by atoms with Gasteiger partial charge < -0.3 is 15.0 Å². The summed E-state index contributed by atoms with van der Waals surface area (Å²) in [7, 11) is 1.74. The Morgan fingerprint density at radius 3 is 2.70 bits per heavy atom. The van der Waals surface area contributed by atoms with Gasteiger partial charge >= 0.3 is 0 Å². The van der Waals surface area contributed by atoms with Gasteiger partial charge in [-0.15, -0.1) is 0 Å². The molecule has 0 bridgehead atoms. The molecule has 3 atom stereocenters. The zero-order valence-corrected chi connectivity index (χ0v) is 17.8. The lowest BCUT2D eigenvalue weighted by Gasteiger charge is -2.38. The van der Waals surface area contributed by atoms with Crippen molar-refractivity contribution in [2.24, 2.45) is 11.8 Å². The Hall–Kier alpha value is -2.75. The minimum atomic E-state index is 0.176. The van der Waals surface area contributed by atoms with E-state index in [2.05, 4.69) is 48.7 Å². The van der Waals surface area contributed by atoms with Crippen molar-refractivity contribution in [3.05, 3.63) is 71.3 Å². The van der Waals surface area contributed by atoms with Crippen molar-refractivity contribution in [3.63, 3.8) is 0 Å². The first kappa shape index (κ1) is 19.2. The number of nitrogens with zero attached hydrogens (tertiary/aromatic N) is 1. The summed E-state index contributed by atoms with van der Waals surface area (Å²) >= 11 is 0. The van der Waals surface area contributed by atoms with E-state index in [4.69, 9.17) is 4.74 Å². The van der Waals surface area contributed by atoms with Gasteiger partial charge in [0, 0.05) is 35.8 Å².